The average molecular weight is 419 g/mol. The van der Waals surface area contributed by atoms with Crippen molar-refractivity contribution in [2.24, 2.45) is 5.92 Å². The SMILES string of the molecule is CCC(=O)N1CCCC(C(=O)Nc2cc(C)nn2-c2cccc(Br)c2)C1. The second-order valence-corrected chi connectivity index (χ2v) is 7.50. The lowest BCUT2D eigenvalue weighted by atomic mass is 9.97. The number of nitrogens with zero attached hydrogens (tertiary/aromatic N) is 3. The van der Waals surface area contributed by atoms with Crippen molar-refractivity contribution in [2.45, 2.75) is 33.1 Å². The minimum Gasteiger partial charge on any atom is -0.342 e. The number of likely N-dealkylation sites (tertiary alicyclic amines) is 1. The van der Waals surface area contributed by atoms with Crippen molar-refractivity contribution in [1.82, 2.24) is 14.7 Å². The van der Waals surface area contributed by atoms with Gasteiger partial charge in [-0.15, -0.1) is 0 Å². The molecule has 1 atom stereocenters. The summed E-state index contributed by atoms with van der Waals surface area (Å²) in [5.74, 6) is 0.502. The lowest BCUT2D eigenvalue weighted by molar-refractivity contribution is -0.134. The highest BCUT2D eigenvalue weighted by Crippen LogP contribution is 2.23. The molecule has 2 heterocycles. The van der Waals surface area contributed by atoms with Gasteiger partial charge in [-0.2, -0.15) is 5.10 Å². The zero-order chi connectivity index (χ0) is 18.7. The third-order valence-corrected chi connectivity index (χ3v) is 5.08. The predicted octanol–water partition coefficient (Wildman–Crippen LogP) is 3.53. The molecule has 6 nitrogen and oxygen atoms in total. The van der Waals surface area contributed by atoms with Gasteiger partial charge >= 0.3 is 0 Å². The van der Waals surface area contributed by atoms with Gasteiger partial charge in [-0.25, -0.2) is 4.68 Å². The molecule has 1 aliphatic heterocycles. The van der Waals surface area contributed by atoms with E-state index in [2.05, 4.69) is 26.3 Å². The molecular weight excluding hydrogens is 396 g/mol. The molecule has 1 aromatic heterocycles. The van der Waals surface area contributed by atoms with Crippen LogP contribution < -0.4 is 5.32 Å². The maximum atomic E-state index is 12.8. The van der Waals surface area contributed by atoms with Crippen LogP contribution in [-0.4, -0.2) is 39.6 Å². The maximum Gasteiger partial charge on any atom is 0.230 e. The van der Waals surface area contributed by atoms with Gasteiger partial charge in [-0.1, -0.05) is 28.9 Å². The van der Waals surface area contributed by atoms with Crippen LogP contribution in [-0.2, 0) is 9.59 Å². The Morgan fingerprint density at radius 3 is 2.88 bits per heavy atom. The quantitative estimate of drug-likeness (QED) is 0.825. The van der Waals surface area contributed by atoms with Crippen LogP contribution in [0.25, 0.3) is 5.69 Å². The molecule has 2 amide bonds. The molecule has 1 saturated heterocycles. The molecule has 1 N–H and O–H groups in total. The number of hydrogen-bond acceptors (Lipinski definition) is 3. The molecule has 3 rings (SSSR count). The van der Waals surface area contributed by atoms with E-state index in [9.17, 15) is 9.59 Å². The molecule has 0 bridgehead atoms. The van der Waals surface area contributed by atoms with Crippen molar-refractivity contribution in [3.63, 3.8) is 0 Å². The summed E-state index contributed by atoms with van der Waals surface area (Å²) in [6.45, 7) is 4.98. The van der Waals surface area contributed by atoms with Crippen LogP contribution in [0.3, 0.4) is 0 Å². The highest BCUT2D eigenvalue weighted by atomic mass is 79.9. The van der Waals surface area contributed by atoms with Crippen molar-refractivity contribution >= 4 is 33.6 Å². The number of hydrogen-bond donors (Lipinski definition) is 1. The fourth-order valence-electron chi connectivity index (χ4n) is 3.26. The van der Waals surface area contributed by atoms with Crippen LogP contribution >= 0.6 is 15.9 Å². The molecule has 26 heavy (non-hydrogen) atoms. The second kappa shape index (κ2) is 8.03. The van der Waals surface area contributed by atoms with Crippen LogP contribution in [0.1, 0.15) is 31.9 Å². The van der Waals surface area contributed by atoms with Gasteiger partial charge in [0.25, 0.3) is 0 Å². The van der Waals surface area contributed by atoms with Gasteiger partial charge in [-0.3, -0.25) is 9.59 Å². The number of carbonyl (C=O) groups excluding carboxylic acids is 2. The molecule has 1 unspecified atom stereocenters. The molecule has 138 valence electrons. The third kappa shape index (κ3) is 4.15. The van der Waals surface area contributed by atoms with E-state index in [1.165, 1.54) is 0 Å². The summed E-state index contributed by atoms with van der Waals surface area (Å²) in [6, 6.07) is 9.62. The zero-order valence-electron chi connectivity index (χ0n) is 15.0. The first-order valence-corrected chi connectivity index (χ1v) is 9.68. The molecule has 1 aliphatic rings. The summed E-state index contributed by atoms with van der Waals surface area (Å²) in [5, 5.41) is 7.50. The number of rotatable bonds is 4. The Balaban J connectivity index is 1.77. The van der Waals surface area contributed by atoms with Gasteiger partial charge in [0.1, 0.15) is 5.82 Å². The van der Waals surface area contributed by atoms with Gasteiger partial charge in [0.15, 0.2) is 0 Å². The van der Waals surface area contributed by atoms with Crippen LogP contribution in [0.2, 0.25) is 0 Å². The molecule has 1 aromatic carbocycles. The molecule has 0 spiro atoms. The summed E-state index contributed by atoms with van der Waals surface area (Å²) in [4.78, 5) is 26.5. The number of aromatic nitrogens is 2. The lowest BCUT2D eigenvalue weighted by Crippen LogP contribution is -2.43. The first kappa shape index (κ1) is 18.6. The molecule has 2 aromatic rings. The van der Waals surface area contributed by atoms with Crippen molar-refractivity contribution in [2.75, 3.05) is 18.4 Å². The van der Waals surface area contributed by atoms with E-state index >= 15 is 0 Å². The summed E-state index contributed by atoms with van der Waals surface area (Å²) >= 11 is 3.47. The van der Waals surface area contributed by atoms with Crippen LogP contribution in [0.15, 0.2) is 34.8 Å². The minimum absolute atomic E-state index is 0.0604. The van der Waals surface area contributed by atoms with E-state index in [1.54, 1.807) is 9.58 Å². The Hall–Kier alpha value is -2.15. The number of halogens is 1. The number of nitrogens with one attached hydrogen (secondary N) is 1. The number of piperidine rings is 1. The van der Waals surface area contributed by atoms with Gasteiger partial charge in [0.05, 0.1) is 17.3 Å². The van der Waals surface area contributed by atoms with Gasteiger partial charge < -0.3 is 10.2 Å². The molecule has 1 fully saturated rings. The van der Waals surface area contributed by atoms with E-state index in [0.29, 0.717) is 18.8 Å². The van der Waals surface area contributed by atoms with Crippen LogP contribution in [0.4, 0.5) is 5.82 Å². The Kier molecular flexibility index (Phi) is 5.76. The molecule has 7 heteroatoms. The third-order valence-electron chi connectivity index (χ3n) is 4.58. The van der Waals surface area contributed by atoms with E-state index < -0.39 is 0 Å². The normalized spacial score (nSPS) is 17.2. The minimum atomic E-state index is -0.189. The number of anilines is 1. The van der Waals surface area contributed by atoms with Gasteiger partial charge in [0.2, 0.25) is 11.8 Å². The van der Waals surface area contributed by atoms with Gasteiger partial charge in [0, 0.05) is 30.0 Å². The first-order valence-electron chi connectivity index (χ1n) is 8.89. The molecular formula is C19H23BrN4O2. The lowest BCUT2D eigenvalue weighted by Gasteiger charge is -2.31. The number of amides is 2. The first-order chi connectivity index (χ1) is 12.5. The van der Waals surface area contributed by atoms with Crippen molar-refractivity contribution in [3.8, 4) is 5.69 Å². The van der Waals surface area contributed by atoms with Crippen LogP contribution in [0, 0.1) is 12.8 Å². The zero-order valence-corrected chi connectivity index (χ0v) is 16.6. The van der Waals surface area contributed by atoms with Gasteiger partial charge in [-0.05, 0) is 38.0 Å². The summed E-state index contributed by atoms with van der Waals surface area (Å²) in [5.41, 5.74) is 1.70. The number of benzene rings is 1. The molecule has 0 saturated carbocycles. The van der Waals surface area contributed by atoms with Crippen molar-refractivity contribution in [1.29, 1.82) is 0 Å². The number of carbonyl (C=O) groups is 2. The Morgan fingerprint density at radius 2 is 2.15 bits per heavy atom. The van der Waals surface area contributed by atoms with E-state index in [0.717, 1.165) is 35.2 Å². The average Bonchev–Trinajstić information content (AvgIpc) is 3.01. The smallest absolute Gasteiger partial charge is 0.230 e. The Labute approximate surface area is 161 Å². The topological polar surface area (TPSA) is 67.2 Å². The summed E-state index contributed by atoms with van der Waals surface area (Å²) in [6.07, 6.45) is 2.13. The maximum absolute atomic E-state index is 12.8. The standard InChI is InChI=1S/C19H23BrN4O2/c1-3-18(25)23-9-5-6-14(12-23)19(26)21-17-10-13(2)22-24(17)16-8-4-7-15(20)11-16/h4,7-8,10-11,14H,3,5-6,9,12H2,1-2H3,(H,21,26). The molecule has 0 aliphatic carbocycles. The monoisotopic (exact) mass is 418 g/mol. The van der Waals surface area contributed by atoms with E-state index in [4.69, 9.17) is 0 Å². The predicted molar refractivity (Wildman–Crippen MR) is 104 cm³/mol. The fourth-order valence-corrected chi connectivity index (χ4v) is 3.65. The van der Waals surface area contributed by atoms with Crippen molar-refractivity contribution in [3.05, 3.63) is 40.5 Å². The summed E-state index contributed by atoms with van der Waals surface area (Å²) in [7, 11) is 0. The van der Waals surface area contributed by atoms with Crippen LogP contribution in [0.5, 0.6) is 0 Å². The van der Waals surface area contributed by atoms with E-state index in [-0.39, 0.29) is 17.7 Å². The highest BCUT2D eigenvalue weighted by Gasteiger charge is 2.28. The van der Waals surface area contributed by atoms with E-state index in [1.807, 2.05) is 44.2 Å². The summed E-state index contributed by atoms with van der Waals surface area (Å²) < 4.78 is 2.68. The highest BCUT2D eigenvalue weighted by molar-refractivity contribution is 9.10. The second-order valence-electron chi connectivity index (χ2n) is 6.58. The number of aryl methyl sites for hydroxylation is 1. The van der Waals surface area contributed by atoms with Crippen molar-refractivity contribution < 1.29 is 9.59 Å². The largest absolute Gasteiger partial charge is 0.342 e. The Bertz CT molecular complexity index is 818. The molecule has 0 radical (unpaired) electrons. The Morgan fingerprint density at radius 1 is 1.35 bits per heavy atom. The fraction of sp³-hybridized carbons (Fsp3) is 0.421.